The van der Waals surface area contributed by atoms with Gasteiger partial charge in [0.2, 0.25) is 0 Å². The summed E-state index contributed by atoms with van der Waals surface area (Å²) in [4.78, 5) is 10.5. The van der Waals surface area contributed by atoms with Crippen LogP contribution < -0.4 is 0 Å². The van der Waals surface area contributed by atoms with E-state index in [4.69, 9.17) is 14.4 Å². The fourth-order valence-electron chi connectivity index (χ4n) is 7.28. The van der Waals surface area contributed by atoms with Crippen LogP contribution in [0.3, 0.4) is 0 Å². The summed E-state index contributed by atoms with van der Waals surface area (Å²) >= 11 is 0. The summed E-state index contributed by atoms with van der Waals surface area (Å²) in [7, 11) is 0. The lowest BCUT2D eigenvalue weighted by Crippen LogP contribution is -1.97. The van der Waals surface area contributed by atoms with E-state index in [0.717, 1.165) is 83.0 Å². The van der Waals surface area contributed by atoms with Crippen LogP contribution in [0, 0.1) is 0 Å². The van der Waals surface area contributed by atoms with E-state index in [9.17, 15) is 0 Å². The summed E-state index contributed by atoms with van der Waals surface area (Å²) in [5, 5.41) is 6.93. The van der Waals surface area contributed by atoms with Crippen LogP contribution in [0.2, 0.25) is 0 Å². The largest absolute Gasteiger partial charge is 0.456 e. The van der Waals surface area contributed by atoms with E-state index in [1.807, 2.05) is 18.2 Å². The summed E-state index contributed by atoms with van der Waals surface area (Å²) in [6, 6.07) is 64.1. The minimum absolute atomic E-state index is 0.701. The Balaban J connectivity index is 1.22. The van der Waals surface area contributed by atoms with Gasteiger partial charge in [-0.2, -0.15) is 0 Å². The Kier molecular flexibility index (Phi) is 6.81. The zero-order valence-electron chi connectivity index (χ0n) is 27.6. The molecule has 0 radical (unpaired) electrons. The predicted molar refractivity (Wildman–Crippen MR) is 212 cm³/mol. The van der Waals surface area contributed by atoms with Crippen molar-refractivity contribution in [3.8, 4) is 56.2 Å². The molecule has 0 bridgehead atoms. The van der Waals surface area contributed by atoms with Crippen molar-refractivity contribution in [3.05, 3.63) is 182 Å². The Labute approximate surface area is 295 Å². The van der Waals surface area contributed by atoms with E-state index in [1.54, 1.807) is 0 Å². The monoisotopic (exact) mass is 650 g/mol. The highest BCUT2D eigenvalue weighted by Gasteiger charge is 2.16. The molecule has 2 aromatic heterocycles. The molecule has 0 unspecified atom stereocenters. The Bertz CT molecular complexity index is 2920. The van der Waals surface area contributed by atoms with Gasteiger partial charge in [0.1, 0.15) is 11.2 Å². The summed E-state index contributed by atoms with van der Waals surface area (Å²) in [5.41, 5.74) is 11.1. The van der Waals surface area contributed by atoms with Crippen molar-refractivity contribution in [2.75, 3.05) is 0 Å². The fourth-order valence-corrected chi connectivity index (χ4v) is 7.28. The summed E-state index contributed by atoms with van der Waals surface area (Å²) in [6.45, 7) is 0. The standard InChI is InChI=1S/C48H30N2O/c1-2-13-33(14-3-1)44-30-45(50-48(49-44)42-19-10-16-32-12-6-7-17-40(32)42)39-27-37(35-22-21-31-11-4-5-15-34(31)25-35)26-38(28-39)36-23-24-47-43(29-36)41-18-8-9-20-46(41)51-47/h1-30H. The number of rotatable bonds is 5. The van der Waals surface area contributed by atoms with E-state index < -0.39 is 0 Å². The highest BCUT2D eigenvalue weighted by molar-refractivity contribution is 6.06. The molecule has 2 heterocycles. The normalized spacial score (nSPS) is 11.5. The maximum Gasteiger partial charge on any atom is 0.161 e. The highest BCUT2D eigenvalue weighted by Crippen LogP contribution is 2.38. The van der Waals surface area contributed by atoms with Crippen LogP contribution >= 0.6 is 0 Å². The molecule has 8 aromatic carbocycles. The van der Waals surface area contributed by atoms with Crippen LogP contribution in [0.1, 0.15) is 0 Å². The number of para-hydroxylation sites is 1. The van der Waals surface area contributed by atoms with Gasteiger partial charge in [-0.3, -0.25) is 0 Å². The molecule has 51 heavy (non-hydrogen) atoms. The molecule has 0 aliphatic rings. The van der Waals surface area contributed by atoms with Crippen molar-refractivity contribution in [2.24, 2.45) is 0 Å². The molecule has 0 amide bonds. The van der Waals surface area contributed by atoms with E-state index in [2.05, 4.69) is 164 Å². The van der Waals surface area contributed by atoms with Gasteiger partial charge in [0.25, 0.3) is 0 Å². The Hall–Kier alpha value is -6.84. The lowest BCUT2D eigenvalue weighted by molar-refractivity contribution is 0.669. The van der Waals surface area contributed by atoms with Gasteiger partial charge in [0, 0.05) is 27.5 Å². The zero-order valence-corrected chi connectivity index (χ0v) is 27.6. The predicted octanol–water partition coefficient (Wildman–Crippen LogP) is 13.0. The molecule has 10 rings (SSSR count). The Morgan fingerprint density at radius 1 is 0.314 bits per heavy atom. The van der Waals surface area contributed by atoms with Crippen LogP contribution in [-0.4, -0.2) is 9.97 Å². The van der Waals surface area contributed by atoms with Crippen molar-refractivity contribution in [1.82, 2.24) is 9.97 Å². The number of benzene rings is 8. The molecule has 0 saturated carbocycles. The third kappa shape index (κ3) is 5.24. The van der Waals surface area contributed by atoms with E-state index in [-0.39, 0.29) is 0 Å². The van der Waals surface area contributed by atoms with Crippen molar-refractivity contribution < 1.29 is 4.42 Å². The van der Waals surface area contributed by atoms with Crippen LogP contribution in [0.15, 0.2) is 186 Å². The van der Waals surface area contributed by atoms with Gasteiger partial charge in [-0.1, -0.05) is 133 Å². The Morgan fingerprint density at radius 3 is 1.76 bits per heavy atom. The number of hydrogen-bond donors (Lipinski definition) is 0. The smallest absolute Gasteiger partial charge is 0.161 e. The Morgan fingerprint density at radius 2 is 0.922 bits per heavy atom. The minimum Gasteiger partial charge on any atom is -0.456 e. The second kappa shape index (κ2) is 11.9. The van der Waals surface area contributed by atoms with Crippen molar-refractivity contribution in [3.63, 3.8) is 0 Å². The molecule has 0 fully saturated rings. The van der Waals surface area contributed by atoms with Gasteiger partial charge in [-0.15, -0.1) is 0 Å². The third-order valence-electron chi connectivity index (χ3n) is 9.85. The molecule has 238 valence electrons. The summed E-state index contributed by atoms with van der Waals surface area (Å²) in [5.74, 6) is 0.701. The SMILES string of the molecule is c1ccc(-c2cc(-c3cc(-c4ccc5ccccc5c4)cc(-c4ccc5oc6ccccc6c5c4)c3)nc(-c3cccc4ccccc34)n2)cc1. The summed E-state index contributed by atoms with van der Waals surface area (Å²) < 4.78 is 6.19. The number of hydrogen-bond acceptors (Lipinski definition) is 3. The van der Waals surface area contributed by atoms with Crippen molar-refractivity contribution in [2.45, 2.75) is 0 Å². The minimum atomic E-state index is 0.701. The summed E-state index contributed by atoms with van der Waals surface area (Å²) in [6.07, 6.45) is 0. The van der Waals surface area contributed by atoms with E-state index in [1.165, 1.54) is 10.8 Å². The average molecular weight is 651 g/mol. The first-order chi connectivity index (χ1) is 25.2. The molecule has 0 aliphatic carbocycles. The van der Waals surface area contributed by atoms with E-state index in [0.29, 0.717) is 5.82 Å². The first-order valence-corrected chi connectivity index (χ1v) is 17.2. The first-order valence-electron chi connectivity index (χ1n) is 17.2. The zero-order chi connectivity index (χ0) is 33.7. The molecule has 0 atom stereocenters. The second-order valence-corrected chi connectivity index (χ2v) is 13.0. The van der Waals surface area contributed by atoms with E-state index >= 15 is 0 Å². The molecular weight excluding hydrogens is 621 g/mol. The first kappa shape index (κ1) is 29.1. The molecule has 10 aromatic rings. The number of furan rings is 1. The molecule has 0 N–H and O–H groups in total. The van der Waals surface area contributed by atoms with Gasteiger partial charge in [-0.25, -0.2) is 9.97 Å². The van der Waals surface area contributed by atoms with Gasteiger partial charge >= 0.3 is 0 Å². The molecule has 0 aliphatic heterocycles. The highest BCUT2D eigenvalue weighted by atomic mass is 16.3. The van der Waals surface area contributed by atoms with Gasteiger partial charge in [0.05, 0.1) is 11.4 Å². The van der Waals surface area contributed by atoms with Gasteiger partial charge in [-0.05, 0) is 92.3 Å². The third-order valence-corrected chi connectivity index (χ3v) is 9.85. The molecule has 0 spiro atoms. The number of nitrogens with zero attached hydrogens (tertiary/aromatic N) is 2. The molecule has 3 nitrogen and oxygen atoms in total. The topological polar surface area (TPSA) is 38.9 Å². The second-order valence-electron chi connectivity index (χ2n) is 13.0. The fraction of sp³-hybridized carbons (Fsp3) is 0. The molecule has 3 heteroatoms. The maximum atomic E-state index is 6.19. The quantitative estimate of drug-likeness (QED) is 0.186. The molecule has 0 saturated heterocycles. The van der Waals surface area contributed by atoms with Gasteiger partial charge < -0.3 is 4.42 Å². The average Bonchev–Trinajstić information content (AvgIpc) is 3.58. The lowest BCUT2D eigenvalue weighted by atomic mass is 9.93. The van der Waals surface area contributed by atoms with Crippen LogP contribution in [0.25, 0.3) is 99.6 Å². The number of aromatic nitrogens is 2. The van der Waals surface area contributed by atoms with Crippen molar-refractivity contribution >= 4 is 43.5 Å². The van der Waals surface area contributed by atoms with Gasteiger partial charge in [0.15, 0.2) is 5.82 Å². The number of fused-ring (bicyclic) bond motifs is 5. The molecular formula is C48H30N2O. The maximum absolute atomic E-state index is 6.19. The van der Waals surface area contributed by atoms with Crippen molar-refractivity contribution in [1.29, 1.82) is 0 Å². The lowest BCUT2D eigenvalue weighted by Gasteiger charge is -2.14. The van der Waals surface area contributed by atoms with Crippen LogP contribution in [-0.2, 0) is 0 Å². The van der Waals surface area contributed by atoms with Crippen LogP contribution in [0.5, 0.6) is 0 Å². The van der Waals surface area contributed by atoms with Crippen LogP contribution in [0.4, 0.5) is 0 Å².